The third-order valence-electron chi connectivity index (χ3n) is 4.44. The van der Waals surface area contributed by atoms with E-state index in [1.54, 1.807) is 0 Å². The van der Waals surface area contributed by atoms with Crippen LogP contribution in [0.25, 0.3) is 0 Å². The fourth-order valence-corrected chi connectivity index (χ4v) is 3.29. The van der Waals surface area contributed by atoms with Gasteiger partial charge in [-0.15, -0.1) is 0 Å². The van der Waals surface area contributed by atoms with Crippen molar-refractivity contribution in [2.45, 2.75) is 19.3 Å². The van der Waals surface area contributed by atoms with Gasteiger partial charge in [0, 0.05) is 30.0 Å². The Kier molecular flexibility index (Phi) is 2.92. The van der Waals surface area contributed by atoms with E-state index in [0.29, 0.717) is 0 Å². The Morgan fingerprint density at radius 3 is 2.86 bits per heavy atom. The van der Waals surface area contributed by atoms with Gasteiger partial charge in [0.25, 0.3) is 5.91 Å². The number of hydrogen-bond donors (Lipinski definition) is 1. The summed E-state index contributed by atoms with van der Waals surface area (Å²) in [5, 5.41) is 3.44. The molecule has 2 aromatic rings. The summed E-state index contributed by atoms with van der Waals surface area (Å²) in [6.45, 7) is 1.78. The molecule has 2 aliphatic heterocycles. The summed E-state index contributed by atoms with van der Waals surface area (Å²) in [4.78, 5) is 14.6. The van der Waals surface area contributed by atoms with Gasteiger partial charge in [0.2, 0.25) is 0 Å². The zero-order valence-corrected chi connectivity index (χ0v) is 11.9. The molecule has 1 amide bonds. The van der Waals surface area contributed by atoms with Crippen molar-refractivity contribution in [3.63, 3.8) is 0 Å². The third-order valence-corrected chi connectivity index (χ3v) is 4.44. The van der Waals surface area contributed by atoms with Crippen LogP contribution in [0.4, 0.5) is 11.4 Å². The smallest absolute Gasteiger partial charge is 0.258 e. The van der Waals surface area contributed by atoms with Crippen LogP contribution in [0.5, 0.6) is 0 Å². The number of carbonyl (C=O) groups is 1. The monoisotopic (exact) mass is 278 g/mol. The van der Waals surface area contributed by atoms with E-state index in [4.69, 9.17) is 0 Å². The van der Waals surface area contributed by atoms with Gasteiger partial charge >= 0.3 is 0 Å². The Bertz CT molecular complexity index is 708. The van der Waals surface area contributed by atoms with Crippen molar-refractivity contribution < 1.29 is 4.79 Å². The first-order valence-corrected chi connectivity index (χ1v) is 7.59. The molecule has 1 N–H and O–H groups in total. The van der Waals surface area contributed by atoms with Crippen molar-refractivity contribution >= 4 is 17.3 Å². The van der Waals surface area contributed by atoms with Crippen molar-refractivity contribution in [2.75, 3.05) is 23.3 Å². The second-order valence-electron chi connectivity index (χ2n) is 5.74. The Morgan fingerprint density at radius 2 is 1.90 bits per heavy atom. The maximum atomic E-state index is 12.7. The summed E-state index contributed by atoms with van der Waals surface area (Å²) in [6.07, 6.45) is 3.23. The van der Waals surface area contributed by atoms with Gasteiger partial charge in [0.1, 0.15) is 0 Å². The maximum absolute atomic E-state index is 12.7. The zero-order chi connectivity index (χ0) is 14.2. The number of carbonyl (C=O) groups excluding carboxylic acids is 1. The lowest BCUT2D eigenvalue weighted by molar-refractivity contribution is 0.0980. The second kappa shape index (κ2) is 4.92. The molecule has 2 heterocycles. The molecule has 3 nitrogen and oxygen atoms in total. The Hall–Kier alpha value is -2.29. The molecule has 2 aliphatic rings. The Balaban J connectivity index is 1.70. The van der Waals surface area contributed by atoms with Gasteiger partial charge in [-0.2, -0.15) is 0 Å². The number of benzene rings is 2. The van der Waals surface area contributed by atoms with Crippen molar-refractivity contribution in [2.24, 2.45) is 0 Å². The highest BCUT2D eigenvalue weighted by Crippen LogP contribution is 2.30. The average Bonchev–Trinajstić information content (AvgIpc) is 2.55. The van der Waals surface area contributed by atoms with E-state index >= 15 is 0 Å². The summed E-state index contributed by atoms with van der Waals surface area (Å²) in [5.41, 5.74) is 5.55. The molecular weight excluding hydrogens is 260 g/mol. The standard InChI is InChI=1S/C18H18N2O/c21-18-16-6-2-1-4-13(16)9-11-20(18)15-8-7-14-5-3-10-19-17(14)12-15/h1-2,4,6-8,12,19H,3,5,9-11H2. The van der Waals surface area contributed by atoms with Gasteiger partial charge in [-0.25, -0.2) is 0 Å². The van der Waals surface area contributed by atoms with E-state index in [0.717, 1.165) is 42.7 Å². The van der Waals surface area contributed by atoms with Crippen LogP contribution in [-0.4, -0.2) is 19.0 Å². The molecular formula is C18H18N2O. The number of fused-ring (bicyclic) bond motifs is 2. The van der Waals surface area contributed by atoms with Crippen molar-refractivity contribution in [1.82, 2.24) is 0 Å². The summed E-state index contributed by atoms with van der Waals surface area (Å²) in [7, 11) is 0. The van der Waals surface area contributed by atoms with E-state index in [-0.39, 0.29) is 5.91 Å². The molecule has 0 saturated heterocycles. The fourth-order valence-electron chi connectivity index (χ4n) is 3.29. The van der Waals surface area contributed by atoms with E-state index in [1.165, 1.54) is 17.7 Å². The highest BCUT2D eigenvalue weighted by atomic mass is 16.2. The molecule has 0 aromatic heterocycles. The third kappa shape index (κ3) is 2.09. The van der Waals surface area contributed by atoms with Gasteiger partial charge in [-0.3, -0.25) is 4.79 Å². The van der Waals surface area contributed by atoms with Crippen LogP contribution < -0.4 is 10.2 Å². The lowest BCUT2D eigenvalue weighted by atomic mass is 9.97. The molecule has 0 bridgehead atoms. The number of rotatable bonds is 1. The van der Waals surface area contributed by atoms with Crippen LogP contribution in [0.15, 0.2) is 42.5 Å². The number of aryl methyl sites for hydroxylation is 1. The topological polar surface area (TPSA) is 32.3 Å². The van der Waals surface area contributed by atoms with E-state index < -0.39 is 0 Å². The minimum atomic E-state index is 0.118. The molecule has 21 heavy (non-hydrogen) atoms. The highest BCUT2D eigenvalue weighted by Gasteiger charge is 2.25. The van der Waals surface area contributed by atoms with Crippen LogP contribution in [0.2, 0.25) is 0 Å². The molecule has 0 saturated carbocycles. The molecule has 0 fully saturated rings. The van der Waals surface area contributed by atoms with Crippen LogP contribution in [0.1, 0.15) is 27.9 Å². The minimum absolute atomic E-state index is 0.118. The fraction of sp³-hybridized carbons (Fsp3) is 0.278. The lowest BCUT2D eigenvalue weighted by Gasteiger charge is -2.30. The molecule has 3 heteroatoms. The van der Waals surface area contributed by atoms with Gasteiger partial charge < -0.3 is 10.2 Å². The maximum Gasteiger partial charge on any atom is 0.258 e. The van der Waals surface area contributed by atoms with Gasteiger partial charge in [0.05, 0.1) is 0 Å². The summed E-state index contributed by atoms with van der Waals surface area (Å²) in [6, 6.07) is 14.3. The van der Waals surface area contributed by atoms with Gasteiger partial charge in [-0.1, -0.05) is 24.3 Å². The molecule has 0 unspecified atom stereocenters. The van der Waals surface area contributed by atoms with E-state index in [2.05, 4.69) is 29.6 Å². The first-order chi connectivity index (χ1) is 10.3. The van der Waals surface area contributed by atoms with E-state index in [1.807, 2.05) is 23.1 Å². The molecule has 0 radical (unpaired) electrons. The van der Waals surface area contributed by atoms with Crippen LogP contribution in [-0.2, 0) is 12.8 Å². The summed E-state index contributed by atoms with van der Waals surface area (Å²) < 4.78 is 0. The van der Waals surface area contributed by atoms with Gasteiger partial charge in [-0.05, 0) is 48.6 Å². The Labute approximate surface area is 124 Å². The highest BCUT2D eigenvalue weighted by molar-refractivity contribution is 6.08. The summed E-state index contributed by atoms with van der Waals surface area (Å²) in [5.74, 6) is 0.118. The number of amides is 1. The van der Waals surface area contributed by atoms with Crippen LogP contribution in [0, 0.1) is 0 Å². The van der Waals surface area contributed by atoms with Crippen LogP contribution >= 0.6 is 0 Å². The number of hydrogen-bond acceptors (Lipinski definition) is 2. The summed E-state index contributed by atoms with van der Waals surface area (Å²) >= 11 is 0. The molecule has 4 rings (SSSR count). The predicted molar refractivity (Wildman–Crippen MR) is 85.1 cm³/mol. The molecule has 106 valence electrons. The zero-order valence-electron chi connectivity index (χ0n) is 11.9. The Morgan fingerprint density at radius 1 is 1.00 bits per heavy atom. The molecule has 0 spiro atoms. The SMILES string of the molecule is O=C1c2ccccc2CCN1c1ccc2c(c1)NCCC2. The average molecular weight is 278 g/mol. The van der Waals surface area contributed by atoms with Crippen molar-refractivity contribution in [3.8, 4) is 0 Å². The first-order valence-electron chi connectivity index (χ1n) is 7.59. The molecule has 0 aliphatic carbocycles. The number of anilines is 2. The van der Waals surface area contributed by atoms with Crippen molar-refractivity contribution in [3.05, 3.63) is 59.2 Å². The van der Waals surface area contributed by atoms with Crippen molar-refractivity contribution in [1.29, 1.82) is 0 Å². The number of nitrogens with zero attached hydrogens (tertiary/aromatic N) is 1. The largest absolute Gasteiger partial charge is 0.385 e. The van der Waals surface area contributed by atoms with E-state index in [9.17, 15) is 4.79 Å². The first kappa shape index (κ1) is 12.5. The second-order valence-corrected chi connectivity index (χ2v) is 5.74. The van der Waals surface area contributed by atoms with Crippen LogP contribution in [0.3, 0.4) is 0 Å². The number of nitrogens with one attached hydrogen (secondary N) is 1. The predicted octanol–water partition coefficient (Wildman–Crippen LogP) is 3.25. The van der Waals surface area contributed by atoms with Gasteiger partial charge in [0.15, 0.2) is 0 Å². The molecule has 0 atom stereocenters. The molecule has 2 aromatic carbocycles. The minimum Gasteiger partial charge on any atom is -0.385 e. The lowest BCUT2D eigenvalue weighted by Crippen LogP contribution is -2.37. The normalized spacial score (nSPS) is 17.0. The quantitative estimate of drug-likeness (QED) is 0.868.